The molecule has 140 valence electrons. The van der Waals surface area contributed by atoms with Crippen LogP contribution in [0.3, 0.4) is 0 Å². The molecule has 1 atom stereocenters. The first-order valence-corrected chi connectivity index (χ1v) is 11.3. The van der Waals surface area contributed by atoms with Gasteiger partial charge in [-0.25, -0.2) is 0 Å². The van der Waals surface area contributed by atoms with Crippen LogP contribution in [0.25, 0.3) is 10.2 Å². The molecule has 0 radical (unpaired) electrons. The van der Waals surface area contributed by atoms with Crippen molar-refractivity contribution >= 4 is 51.0 Å². The lowest BCUT2D eigenvalue weighted by molar-refractivity contribution is 0.101. The van der Waals surface area contributed by atoms with Gasteiger partial charge in [0.2, 0.25) is 4.77 Å². The van der Waals surface area contributed by atoms with Gasteiger partial charge >= 0.3 is 0 Å². The Kier molecular flexibility index (Phi) is 4.10. The Hall–Kier alpha value is -1.77. The number of nitrogens with zero attached hydrogens (tertiary/aromatic N) is 1. The van der Waals surface area contributed by atoms with Crippen molar-refractivity contribution < 1.29 is 4.79 Å². The largest absolute Gasteiger partial charge is 0.322 e. The van der Waals surface area contributed by atoms with Gasteiger partial charge in [-0.05, 0) is 67.8 Å². The molecule has 0 bridgehead atoms. The number of aromatic nitrogens is 2. The molecule has 0 spiro atoms. The molecular weight excluding hydrogens is 398 g/mol. The fourth-order valence-electron chi connectivity index (χ4n) is 4.21. The van der Waals surface area contributed by atoms with Crippen LogP contribution in [0.4, 0.5) is 0 Å². The second kappa shape index (κ2) is 6.39. The molecular formula is C19H19N3O2S3. The number of rotatable bonds is 2. The summed E-state index contributed by atoms with van der Waals surface area (Å²) in [7, 11) is 0. The standard InChI is InChI=1S/C19H19N3O2S3/c1-9-5-6-10-12(8-26-14(10)7-9)16(23)21-22-18(24)15-11-3-2-4-13(11)27-17(15)20-19(22)25/h8-9H,2-7H2,1H3,(H,20,25)(H,21,23)/t9-/m1/s1. The van der Waals surface area contributed by atoms with Crippen molar-refractivity contribution in [3.8, 4) is 0 Å². The van der Waals surface area contributed by atoms with Crippen LogP contribution < -0.4 is 11.0 Å². The molecule has 1 amide bonds. The fourth-order valence-corrected chi connectivity index (χ4v) is 7.03. The number of carbonyl (C=O) groups excluding carboxylic acids is 1. The summed E-state index contributed by atoms with van der Waals surface area (Å²) in [6.45, 7) is 2.25. The van der Waals surface area contributed by atoms with Crippen molar-refractivity contribution in [2.45, 2.75) is 45.4 Å². The number of fused-ring (bicyclic) bond motifs is 4. The van der Waals surface area contributed by atoms with E-state index in [2.05, 4.69) is 17.3 Å². The van der Waals surface area contributed by atoms with Crippen LogP contribution in [0.1, 0.15) is 51.0 Å². The third-order valence-corrected chi connectivity index (χ3v) is 8.16. The van der Waals surface area contributed by atoms with E-state index < -0.39 is 0 Å². The highest BCUT2D eigenvalue weighted by Crippen LogP contribution is 2.35. The zero-order valence-corrected chi connectivity index (χ0v) is 17.3. The molecule has 3 heterocycles. The highest BCUT2D eigenvalue weighted by Gasteiger charge is 2.25. The summed E-state index contributed by atoms with van der Waals surface area (Å²) in [6.07, 6.45) is 6.05. The van der Waals surface area contributed by atoms with E-state index in [9.17, 15) is 9.59 Å². The van der Waals surface area contributed by atoms with Crippen LogP contribution in [0, 0.1) is 10.7 Å². The number of aryl methyl sites for hydroxylation is 2. The average molecular weight is 418 g/mol. The lowest BCUT2D eigenvalue weighted by Crippen LogP contribution is -2.34. The second-order valence-corrected chi connectivity index (χ2v) is 9.93. The summed E-state index contributed by atoms with van der Waals surface area (Å²) in [4.78, 5) is 32.5. The molecule has 0 saturated heterocycles. The van der Waals surface area contributed by atoms with Gasteiger partial charge in [0.15, 0.2) is 0 Å². The maximum atomic E-state index is 13.1. The average Bonchev–Trinajstić information content (AvgIpc) is 3.31. The van der Waals surface area contributed by atoms with E-state index in [0.717, 1.165) is 54.5 Å². The molecule has 5 rings (SSSR count). The normalized spacial score (nSPS) is 18.5. The van der Waals surface area contributed by atoms with Crippen molar-refractivity contribution in [3.63, 3.8) is 0 Å². The molecule has 2 aliphatic carbocycles. The molecule has 0 fully saturated rings. The molecule has 2 aliphatic rings. The minimum atomic E-state index is -0.255. The summed E-state index contributed by atoms with van der Waals surface area (Å²) < 4.78 is 1.44. The van der Waals surface area contributed by atoms with Crippen molar-refractivity contribution in [1.82, 2.24) is 9.66 Å². The SMILES string of the molecule is C[C@@H]1CCc2c(C(=O)Nn3c(=S)[nH]c4sc5c(c4c3=O)CCC5)csc2C1. The van der Waals surface area contributed by atoms with Gasteiger partial charge in [-0.15, -0.1) is 22.7 Å². The number of hydrogen-bond acceptors (Lipinski definition) is 5. The topological polar surface area (TPSA) is 66.9 Å². The summed E-state index contributed by atoms with van der Waals surface area (Å²) in [6, 6.07) is 0. The number of thiophene rings is 2. The van der Waals surface area contributed by atoms with Crippen molar-refractivity contribution in [2.75, 3.05) is 5.43 Å². The summed E-state index contributed by atoms with van der Waals surface area (Å²) in [5.74, 6) is 0.404. The van der Waals surface area contributed by atoms with Gasteiger partial charge in [0, 0.05) is 15.1 Å². The Bertz CT molecular complexity index is 1200. The van der Waals surface area contributed by atoms with E-state index in [1.807, 2.05) is 5.38 Å². The summed E-state index contributed by atoms with van der Waals surface area (Å²) >= 11 is 8.62. The Morgan fingerprint density at radius 1 is 1.30 bits per heavy atom. The Labute approximate surface area is 169 Å². The van der Waals surface area contributed by atoms with Crippen LogP contribution in [0.15, 0.2) is 10.2 Å². The number of H-pyrrole nitrogens is 1. The molecule has 2 N–H and O–H groups in total. The lowest BCUT2D eigenvalue weighted by Gasteiger charge is -2.19. The number of nitrogens with one attached hydrogen (secondary N) is 2. The van der Waals surface area contributed by atoms with E-state index in [4.69, 9.17) is 12.2 Å². The second-order valence-electron chi connectivity index (χ2n) is 7.47. The molecule has 3 aromatic heterocycles. The molecule has 8 heteroatoms. The first kappa shape index (κ1) is 17.3. The number of hydrogen-bond donors (Lipinski definition) is 2. The lowest BCUT2D eigenvalue weighted by atomic mass is 9.88. The first-order chi connectivity index (χ1) is 13.0. The Balaban J connectivity index is 1.55. The summed E-state index contributed by atoms with van der Waals surface area (Å²) in [5.41, 5.74) is 5.47. The van der Waals surface area contributed by atoms with E-state index in [1.165, 1.54) is 14.4 Å². The molecule has 0 saturated carbocycles. The monoisotopic (exact) mass is 417 g/mol. The van der Waals surface area contributed by atoms with Gasteiger partial charge < -0.3 is 4.98 Å². The van der Waals surface area contributed by atoms with E-state index >= 15 is 0 Å². The highest BCUT2D eigenvalue weighted by atomic mass is 32.1. The molecule has 27 heavy (non-hydrogen) atoms. The third-order valence-electron chi connectivity index (χ3n) is 5.62. The molecule has 0 unspecified atom stereocenters. The van der Waals surface area contributed by atoms with E-state index in [-0.39, 0.29) is 16.2 Å². The Morgan fingerprint density at radius 2 is 2.15 bits per heavy atom. The smallest absolute Gasteiger partial charge is 0.282 e. The molecule has 0 aliphatic heterocycles. The van der Waals surface area contributed by atoms with Gasteiger partial charge in [-0.3, -0.25) is 15.0 Å². The van der Waals surface area contributed by atoms with Crippen molar-refractivity contribution in [3.05, 3.63) is 46.9 Å². The van der Waals surface area contributed by atoms with Crippen molar-refractivity contribution in [1.29, 1.82) is 0 Å². The number of carbonyl (C=O) groups is 1. The van der Waals surface area contributed by atoms with Gasteiger partial charge in [0.1, 0.15) is 4.83 Å². The number of amides is 1. The van der Waals surface area contributed by atoms with Crippen LogP contribution in [-0.2, 0) is 25.7 Å². The van der Waals surface area contributed by atoms with Gasteiger partial charge in [-0.2, -0.15) is 4.68 Å². The third kappa shape index (κ3) is 2.73. The number of aromatic amines is 1. The van der Waals surface area contributed by atoms with Crippen molar-refractivity contribution in [2.24, 2.45) is 5.92 Å². The van der Waals surface area contributed by atoms with Gasteiger partial charge in [-0.1, -0.05) is 6.92 Å². The van der Waals surface area contributed by atoms with E-state index in [1.54, 1.807) is 22.7 Å². The maximum Gasteiger partial charge on any atom is 0.282 e. The Morgan fingerprint density at radius 3 is 3.00 bits per heavy atom. The fraction of sp³-hybridized carbons (Fsp3) is 0.421. The van der Waals surface area contributed by atoms with Crippen LogP contribution in [0.2, 0.25) is 0 Å². The maximum absolute atomic E-state index is 13.1. The van der Waals surface area contributed by atoms with Gasteiger partial charge in [0.05, 0.1) is 10.9 Å². The molecule has 0 aromatic carbocycles. The minimum Gasteiger partial charge on any atom is -0.322 e. The van der Waals surface area contributed by atoms with Crippen LogP contribution >= 0.6 is 34.9 Å². The van der Waals surface area contributed by atoms with Crippen LogP contribution in [-0.4, -0.2) is 15.6 Å². The predicted molar refractivity (Wildman–Crippen MR) is 112 cm³/mol. The predicted octanol–water partition coefficient (Wildman–Crippen LogP) is 4.18. The summed E-state index contributed by atoms with van der Waals surface area (Å²) in [5, 5.41) is 2.60. The van der Waals surface area contributed by atoms with E-state index in [0.29, 0.717) is 16.9 Å². The molecule has 5 nitrogen and oxygen atoms in total. The zero-order chi connectivity index (χ0) is 18.7. The quantitative estimate of drug-likeness (QED) is 0.615. The highest BCUT2D eigenvalue weighted by molar-refractivity contribution is 7.71. The first-order valence-electron chi connectivity index (χ1n) is 9.23. The molecule has 3 aromatic rings. The van der Waals surface area contributed by atoms with Gasteiger partial charge in [0.25, 0.3) is 11.5 Å². The minimum absolute atomic E-state index is 0.223. The zero-order valence-electron chi connectivity index (χ0n) is 14.9. The van der Waals surface area contributed by atoms with Crippen LogP contribution in [0.5, 0.6) is 0 Å².